The minimum atomic E-state index is -3.55. The van der Waals surface area contributed by atoms with E-state index in [1.165, 1.54) is 6.92 Å². The van der Waals surface area contributed by atoms with Gasteiger partial charge in [0.2, 0.25) is 15.9 Å². The Bertz CT molecular complexity index is 1190. The molecule has 1 fully saturated rings. The van der Waals surface area contributed by atoms with Crippen molar-refractivity contribution in [1.29, 1.82) is 0 Å². The van der Waals surface area contributed by atoms with E-state index in [2.05, 4.69) is 9.97 Å². The number of aromatic nitrogens is 2. The van der Waals surface area contributed by atoms with E-state index in [-0.39, 0.29) is 11.8 Å². The maximum atomic E-state index is 13.2. The van der Waals surface area contributed by atoms with Crippen LogP contribution in [0.1, 0.15) is 37.1 Å². The number of para-hydroxylation sites is 2. The Morgan fingerprint density at radius 3 is 2.60 bits per heavy atom. The van der Waals surface area contributed by atoms with Crippen LogP contribution < -0.4 is 4.90 Å². The van der Waals surface area contributed by atoms with Crippen LogP contribution in [0, 0.1) is 0 Å². The highest BCUT2D eigenvalue weighted by molar-refractivity contribution is 7.89. The summed E-state index contributed by atoms with van der Waals surface area (Å²) in [5, 5.41) is 0. The predicted molar refractivity (Wildman–Crippen MR) is 115 cm³/mol. The van der Waals surface area contributed by atoms with E-state index in [0.29, 0.717) is 31.0 Å². The van der Waals surface area contributed by atoms with E-state index in [0.717, 1.165) is 41.0 Å². The highest BCUT2D eigenvalue weighted by Gasteiger charge is 2.32. The van der Waals surface area contributed by atoms with Crippen molar-refractivity contribution in [1.82, 2.24) is 14.3 Å². The van der Waals surface area contributed by atoms with Gasteiger partial charge in [0.25, 0.3) is 0 Å². The number of rotatable bonds is 3. The van der Waals surface area contributed by atoms with Gasteiger partial charge in [-0.2, -0.15) is 4.31 Å². The van der Waals surface area contributed by atoms with E-state index in [4.69, 9.17) is 0 Å². The van der Waals surface area contributed by atoms with Crippen molar-refractivity contribution in [3.63, 3.8) is 0 Å². The van der Waals surface area contributed by atoms with Gasteiger partial charge in [0.05, 0.1) is 15.9 Å². The molecule has 0 atom stereocenters. The van der Waals surface area contributed by atoms with Gasteiger partial charge in [0.15, 0.2) is 0 Å². The first-order chi connectivity index (χ1) is 14.4. The van der Waals surface area contributed by atoms with Crippen molar-refractivity contribution in [3.8, 4) is 0 Å². The molecule has 3 heterocycles. The molecule has 0 radical (unpaired) electrons. The second-order valence-corrected chi connectivity index (χ2v) is 9.97. The van der Waals surface area contributed by atoms with Crippen LogP contribution in [0.15, 0.2) is 47.4 Å². The number of piperidine rings is 1. The SMILES string of the molecule is CC(=O)N1CCc2cc(S(=O)(=O)N3CCC(c4nc5ccccc5[nH]4)CC3)ccc21. The summed E-state index contributed by atoms with van der Waals surface area (Å²) in [5.74, 6) is 1.15. The largest absolute Gasteiger partial charge is 0.342 e. The molecule has 5 rings (SSSR count). The number of hydrogen-bond acceptors (Lipinski definition) is 4. The van der Waals surface area contributed by atoms with Crippen LogP contribution in [0.4, 0.5) is 5.69 Å². The minimum absolute atomic E-state index is 0.0167. The summed E-state index contributed by atoms with van der Waals surface area (Å²) in [6, 6.07) is 13.1. The Balaban J connectivity index is 1.32. The third-order valence-electron chi connectivity index (χ3n) is 6.21. The van der Waals surface area contributed by atoms with Gasteiger partial charge in [-0.1, -0.05) is 12.1 Å². The average Bonchev–Trinajstić information content (AvgIpc) is 3.37. The maximum absolute atomic E-state index is 13.2. The number of H-pyrrole nitrogens is 1. The molecular weight excluding hydrogens is 400 g/mol. The number of imidazole rings is 1. The highest BCUT2D eigenvalue weighted by Crippen LogP contribution is 2.34. The van der Waals surface area contributed by atoms with Crippen LogP contribution in [-0.4, -0.2) is 48.2 Å². The van der Waals surface area contributed by atoms with Crippen LogP contribution in [0.2, 0.25) is 0 Å². The monoisotopic (exact) mass is 424 g/mol. The van der Waals surface area contributed by atoms with Crippen molar-refractivity contribution < 1.29 is 13.2 Å². The Hall–Kier alpha value is -2.71. The molecule has 3 aromatic rings. The van der Waals surface area contributed by atoms with Crippen molar-refractivity contribution in [2.75, 3.05) is 24.5 Å². The predicted octanol–water partition coefficient (Wildman–Crippen LogP) is 3.04. The third-order valence-corrected chi connectivity index (χ3v) is 8.11. The van der Waals surface area contributed by atoms with Crippen LogP contribution in [0.3, 0.4) is 0 Å². The smallest absolute Gasteiger partial charge is 0.243 e. The lowest BCUT2D eigenvalue weighted by Gasteiger charge is -2.30. The summed E-state index contributed by atoms with van der Waals surface area (Å²) in [6.07, 6.45) is 2.16. The fourth-order valence-electron chi connectivity index (χ4n) is 4.55. The standard InChI is InChI=1S/C22H24N4O3S/c1-15(27)26-13-10-17-14-18(6-7-21(17)26)30(28,29)25-11-8-16(9-12-25)22-23-19-4-2-3-5-20(19)24-22/h2-7,14,16H,8-13H2,1H3,(H,23,24). The molecule has 1 saturated heterocycles. The molecule has 0 spiro atoms. The average molecular weight is 425 g/mol. The lowest BCUT2D eigenvalue weighted by Crippen LogP contribution is -2.38. The molecule has 1 N–H and O–H groups in total. The number of nitrogens with one attached hydrogen (secondary N) is 1. The van der Waals surface area contributed by atoms with E-state index in [9.17, 15) is 13.2 Å². The molecule has 7 nitrogen and oxygen atoms in total. The van der Waals surface area contributed by atoms with Gasteiger partial charge >= 0.3 is 0 Å². The second-order valence-electron chi connectivity index (χ2n) is 8.03. The number of carbonyl (C=O) groups is 1. The molecule has 0 saturated carbocycles. The van der Waals surface area contributed by atoms with E-state index >= 15 is 0 Å². The normalized spacial score (nSPS) is 18.1. The van der Waals surface area contributed by atoms with Crippen LogP contribution in [-0.2, 0) is 21.2 Å². The first kappa shape index (κ1) is 19.3. The summed E-state index contributed by atoms with van der Waals surface area (Å²) < 4.78 is 28.0. The van der Waals surface area contributed by atoms with Gasteiger partial charge in [0, 0.05) is 38.2 Å². The molecular formula is C22H24N4O3S. The second kappa shape index (κ2) is 7.21. The van der Waals surface area contributed by atoms with E-state index < -0.39 is 10.0 Å². The van der Waals surface area contributed by atoms with Gasteiger partial charge in [0.1, 0.15) is 5.82 Å². The molecule has 1 aromatic heterocycles. The number of carbonyl (C=O) groups excluding carboxylic acids is 1. The lowest BCUT2D eigenvalue weighted by molar-refractivity contribution is -0.116. The van der Waals surface area contributed by atoms with Crippen LogP contribution in [0.5, 0.6) is 0 Å². The van der Waals surface area contributed by atoms with E-state index in [1.807, 2.05) is 24.3 Å². The fourth-order valence-corrected chi connectivity index (χ4v) is 6.07. The number of anilines is 1. The topological polar surface area (TPSA) is 86.4 Å². The molecule has 0 unspecified atom stereocenters. The Labute approximate surface area is 175 Å². The quantitative estimate of drug-likeness (QED) is 0.700. The summed E-state index contributed by atoms with van der Waals surface area (Å²) >= 11 is 0. The summed E-state index contributed by atoms with van der Waals surface area (Å²) in [5.41, 5.74) is 3.70. The van der Waals surface area contributed by atoms with Crippen molar-refractivity contribution >= 4 is 32.7 Å². The zero-order valence-electron chi connectivity index (χ0n) is 16.8. The summed E-state index contributed by atoms with van der Waals surface area (Å²) in [4.78, 5) is 21.8. The van der Waals surface area contributed by atoms with Crippen molar-refractivity contribution in [3.05, 3.63) is 53.9 Å². The number of sulfonamides is 1. The first-order valence-corrected chi connectivity index (χ1v) is 11.7. The molecule has 2 aromatic carbocycles. The Morgan fingerprint density at radius 2 is 1.87 bits per heavy atom. The molecule has 2 aliphatic rings. The minimum Gasteiger partial charge on any atom is -0.342 e. The molecule has 30 heavy (non-hydrogen) atoms. The number of hydrogen-bond donors (Lipinski definition) is 1. The highest BCUT2D eigenvalue weighted by atomic mass is 32.2. The van der Waals surface area contributed by atoms with Crippen molar-refractivity contribution in [2.24, 2.45) is 0 Å². The number of amides is 1. The number of aromatic amines is 1. The Kier molecular flexibility index (Phi) is 4.63. The number of fused-ring (bicyclic) bond motifs is 2. The van der Waals surface area contributed by atoms with Crippen LogP contribution in [0.25, 0.3) is 11.0 Å². The molecule has 1 amide bonds. The lowest BCUT2D eigenvalue weighted by atomic mass is 9.97. The molecule has 156 valence electrons. The molecule has 0 bridgehead atoms. The summed E-state index contributed by atoms with van der Waals surface area (Å²) in [7, 11) is -3.55. The molecule has 0 aliphatic carbocycles. The van der Waals surface area contributed by atoms with Crippen molar-refractivity contribution in [2.45, 2.75) is 37.0 Å². The number of benzene rings is 2. The van der Waals surface area contributed by atoms with Gasteiger partial charge in [-0.25, -0.2) is 13.4 Å². The zero-order chi connectivity index (χ0) is 20.9. The van der Waals surface area contributed by atoms with Gasteiger partial charge < -0.3 is 9.88 Å². The zero-order valence-corrected chi connectivity index (χ0v) is 17.7. The first-order valence-electron chi connectivity index (χ1n) is 10.3. The van der Waals surface area contributed by atoms with Gasteiger partial charge in [-0.3, -0.25) is 4.79 Å². The third kappa shape index (κ3) is 3.20. The number of nitrogens with zero attached hydrogens (tertiary/aromatic N) is 3. The van der Waals surface area contributed by atoms with Gasteiger partial charge in [-0.05, 0) is 55.2 Å². The molecule has 8 heteroatoms. The van der Waals surface area contributed by atoms with Crippen LogP contribution >= 0.6 is 0 Å². The maximum Gasteiger partial charge on any atom is 0.243 e. The summed E-state index contributed by atoms with van der Waals surface area (Å²) in [6.45, 7) is 3.09. The Morgan fingerprint density at radius 1 is 1.10 bits per heavy atom. The van der Waals surface area contributed by atoms with E-state index in [1.54, 1.807) is 27.4 Å². The fraction of sp³-hybridized carbons (Fsp3) is 0.364. The molecule has 2 aliphatic heterocycles. The van der Waals surface area contributed by atoms with Gasteiger partial charge in [-0.15, -0.1) is 0 Å².